The van der Waals surface area contributed by atoms with Crippen LogP contribution in [0.15, 0.2) is 77.3 Å². The molecule has 0 aliphatic rings. The first-order valence-corrected chi connectivity index (χ1v) is 11.6. The highest BCUT2D eigenvalue weighted by Crippen LogP contribution is 2.27. The van der Waals surface area contributed by atoms with E-state index in [0.717, 1.165) is 26.7 Å². The van der Waals surface area contributed by atoms with Gasteiger partial charge in [-0.15, -0.1) is 0 Å². The second-order valence-electron chi connectivity index (χ2n) is 6.97. The summed E-state index contributed by atoms with van der Waals surface area (Å²) < 4.78 is 13.6. The average molecular weight is 593 g/mol. The molecule has 0 saturated carbocycles. The Morgan fingerprint density at radius 2 is 1.68 bits per heavy atom. The molecule has 0 heterocycles. The van der Waals surface area contributed by atoms with Gasteiger partial charge >= 0.3 is 5.97 Å². The lowest BCUT2D eigenvalue weighted by Crippen LogP contribution is -2.23. The zero-order chi connectivity index (χ0) is 22.4. The maximum absolute atomic E-state index is 11.0. The molecule has 160 valence electrons. The summed E-state index contributed by atoms with van der Waals surface area (Å²) in [6.07, 6.45) is 1.16. The predicted octanol–water partition coefficient (Wildman–Crippen LogP) is 6.72. The zero-order valence-electron chi connectivity index (χ0n) is 17.1. The zero-order valence-corrected chi connectivity index (χ0v) is 20.9. The fourth-order valence-corrected chi connectivity index (χ4v) is 3.59. The number of rotatable bonds is 8. The summed E-state index contributed by atoms with van der Waals surface area (Å²) in [6.45, 7) is 3.76. The Balaban J connectivity index is 1.78. The summed E-state index contributed by atoms with van der Waals surface area (Å²) in [4.78, 5) is 11.0. The Labute approximate surface area is 204 Å². The van der Waals surface area contributed by atoms with Crippen molar-refractivity contribution in [3.63, 3.8) is 0 Å². The molecule has 3 aromatic rings. The number of carbonyl (C=O) groups is 1. The third kappa shape index (κ3) is 6.58. The Morgan fingerprint density at radius 3 is 2.26 bits per heavy atom. The Morgan fingerprint density at radius 1 is 1.06 bits per heavy atom. The largest absolute Gasteiger partial charge is 0.489 e. The second-order valence-corrected chi connectivity index (χ2v) is 9.13. The molecular weight excluding hydrogens is 571 g/mol. The monoisotopic (exact) mass is 592 g/mol. The lowest BCUT2D eigenvalue weighted by Gasteiger charge is -2.14. The molecule has 31 heavy (non-hydrogen) atoms. The van der Waals surface area contributed by atoms with Gasteiger partial charge in [-0.25, -0.2) is 4.79 Å². The predicted molar refractivity (Wildman–Crippen MR) is 135 cm³/mol. The number of hydrogen-bond donors (Lipinski definition) is 1. The van der Waals surface area contributed by atoms with Crippen LogP contribution in [0.5, 0.6) is 11.5 Å². The van der Waals surface area contributed by atoms with Crippen molar-refractivity contribution in [1.82, 2.24) is 0 Å². The molecule has 6 heteroatoms. The fraction of sp³-hybridized carbons (Fsp3) is 0.160. The lowest BCUT2D eigenvalue weighted by molar-refractivity contribution is -0.144. The van der Waals surface area contributed by atoms with Crippen LogP contribution in [0.25, 0.3) is 5.57 Å². The fourth-order valence-electron chi connectivity index (χ4n) is 2.97. The molecule has 0 bridgehead atoms. The Bertz CT molecular complexity index is 1030. The van der Waals surface area contributed by atoms with E-state index in [0.29, 0.717) is 18.1 Å². The number of hydrogen-bond acceptors (Lipinski definition) is 3. The average Bonchev–Trinajstić information content (AvgIpc) is 2.74. The van der Waals surface area contributed by atoms with E-state index in [9.17, 15) is 4.79 Å². The molecule has 1 N–H and O–H groups in total. The van der Waals surface area contributed by atoms with Crippen LogP contribution < -0.4 is 9.47 Å². The first kappa shape index (κ1) is 23.3. The normalized spacial score (nSPS) is 12.3. The van der Waals surface area contributed by atoms with Gasteiger partial charge in [0, 0.05) is 8.04 Å². The number of aryl methyl sites for hydroxylation is 1. The molecule has 0 amide bonds. The highest BCUT2D eigenvalue weighted by molar-refractivity contribution is 14.1. The molecule has 3 aromatic carbocycles. The van der Waals surface area contributed by atoms with Crippen molar-refractivity contribution < 1.29 is 19.4 Å². The van der Waals surface area contributed by atoms with Gasteiger partial charge in [-0.3, -0.25) is 0 Å². The van der Waals surface area contributed by atoms with Crippen LogP contribution in [0.3, 0.4) is 0 Å². The highest BCUT2D eigenvalue weighted by Gasteiger charge is 2.14. The maximum atomic E-state index is 11.0. The van der Waals surface area contributed by atoms with E-state index in [1.807, 2.05) is 25.1 Å². The molecule has 0 aliphatic carbocycles. The number of benzene rings is 3. The molecule has 0 aromatic heterocycles. The van der Waals surface area contributed by atoms with Crippen molar-refractivity contribution in [1.29, 1.82) is 0 Å². The van der Waals surface area contributed by atoms with Gasteiger partial charge in [0.1, 0.15) is 18.1 Å². The molecule has 0 fully saturated rings. The van der Waals surface area contributed by atoms with Gasteiger partial charge < -0.3 is 14.6 Å². The third-order valence-electron chi connectivity index (χ3n) is 4.65. The smallest absolute Gasteiger partial charge is 0.344 e. The maximum Gasteiger partial charge on any atom is 0.344 e. The highest BCUT2D eigenvalue weighted by atomic mass is 127. The van der Waals surface area contributed by atoms with E-state index in [2.05, 4.69) is 81.0 Å². The van der Waals surface area contributed by atoms with Crippen molar-refractivity contribution >= 4 is 50.1 Å². The third-order valence-corrected chi connectivity index (χ3v) is 5.89. The van der Waals surface area contributed by atoms with Crippen LogP contribution in [0.4, 0.5) is 0 Å². The minimum absolute atomic E-state index is 0.391. The van der Waals surface area contributed by atoms with Gasteiger partial charge in [0.25, 0.3) is 0 Å². The number of halogens is 2. The summed E-state index contributed by atoms with van der Waals surface area (Å²) in [7, 11) is 0. The van der Waals surface area contributed by atoms with E-state index < -0.39 is 12.1 Å². The molecule has 0 spiro atoms. The van der Waals surface area contributed by atoms with Gasteiger partial charge in [0.2, 0.25) is 0 Å². The summed E-state index contributed by atoms with van der Waals surface area (Å²) in [5.74, 6) is 0.231. The van der Waals surface area contributed by atoms with Gasteiger partial charge in [0.05, 0.1) is 0 Å². The van der Waals surface area contributed by atoms with Crippen LogP contribution >= 0.6 is 38.5 Å². The topological polar surface area (TPSA) is 55.8 Å². The summed E-state index contributed by atoms with van der Waals surface area (Å²) in [5.41, 5.74) is 4.14. The number of carboxylic acids is 1. The van der Waals surface area contributed by atoms with Crippen LogP contribution in [0.2, 0.25) is 0 Å². The summed E-state index contributed by atoms with van der Waals surface area (Å²) in [6, 6.07) is 22.0. The van der Waals surface area contributed by atoms with Crippen molar-refractivity contribution in [2.45, 2.75) is 20.0 Å². The van der Waals surface area contributed by atoms with Crippen LogP contribution in [0.1, 0.15) is 23.6 Å². The first-order chi connectivity index (χ1) is 14.8. The van der Waals surface area contributed by atoms with Crippen molar-refractivity contribution in [3.8, 4) is 11.5 Å². The number of aliphatic carboxylic acids is 1. The summed E-state index contributed by atoms with van der Waals surface area (Å²) in [5, 5.41) is 9.02. The van der Waals surface area contributed by atoms with Crippen LogP contribution in [-0.4, -0.2) is 23.8 Å². The molecular formula is C25H22BrIO4. The van der Waals surface area contributed by atoms with Crippen LogP contribution in [0, 0.1) is 10.5 Å². The van der Waals surface area contributed by atoms with Gasteiger partial charge in [0.15, 0.2) is 6.10 Å². The first-order valence-electron chi connectivity index (χ1n) is 9.68. The lowest BCUT2D eigenvalue weighted by atomic mass is 9.98. The number of carboxylic acid groups (broad SMARTS) is 1. The SMILES string of the molecule is Cc1cc(OC/C=C(/c2ccc(Br)cc2)c2ccc(I)cc2)ccc1OC(C)C(=O)O. The van der Waals surface area contributed by atoms with Crippen molar-refractivity contribution in [2.75, 3.05) is 6.61 Å². The second kappa shape index (κ2) is 10.8. The molecule has 0 saturated heterocycles. The van der Waals surface area contributed by atoms with Crippen molar-refractivity contribution in [3.05, 3.63) is 97.5 Å². The van der Waals surface area contributed by atoms with Gasteiger partial charge in [-0.2, -0.15) is 0 Å². The molecule has 0 aliphatic heterocycles. The summed E-state index contributed by atoms with van der Waals surface area (Å²) >= 11 is 5.79. The molecule has 1 unspecified atom stereocenters. The van der Waals surface area contributed by atoms with Crippen LogP contribution in [-0.2, 0) is 4.79 Å². The standard InChI is InChI=1S/C25H22BrIO4/c1-16-15-22(11-12-24(16)31-17(2)25(28)29)30-14-13-23(18-3-7-20(26)8-4-18)19-5-9-21(27)10-6-19/h3-13,15,17H,14H2,1-2H3,(H,28,29)/b23-13-. The van der Waals surface area contributed by atoms with Gasteiger partial charge in [-0.05, 0) is 107 Å². The molecule has 1 atom stereocenters. The minimum atomic E-state index is -0.999. The Kier molecular flexibility index (Phi) is 8.15. The molecule has 4 nitrogen and oxygen atoms in total. The molecule has 0 radical (unpaired) electrons. The quantitative estimate of drug-likeness (QED) is 0.295. The minimum Gasteiger partial charge on any atom is -0.489 e. The van der Waals surface area contributed by atoms with E-state index in [4.69, 9.17) is 14.6 Å². The Hall–Kier alpha value is -2.32. The molecule has 3 rings (SSSR count). The van der Waals surface area contributed by atoms with E-state index in [1.54, 1.807) is 12.1 Å². The van der Waals surface area contributed by atoms with E-state index >= 15 is 0 Å². The van der Waals surface area contributed by atoms with Crippen molar-refractivity contribution in [2.24, 2.45) is 0 Å². The van der Waals surface area contributed by atoms with E-state index in [-0.39, 0.29) is 0 Å². The van der Waals surface area contributed by atoms with E-state index in [1.165, 1.54) is 10.5 Å². The van der Waals surface area contributed by atoms with Gasteiger partial charge in [-0.1, -0.05) is 40.2 Å². The number of ether oxygens (including phenoxy) is 2.